The summed E-state index contributed by atoms with van der Waals surface area (Å²) in [6, 6.07) is 6.32. The number of hydrogen-bond acceptors (Lipinski definition) is 5. The van der Waals surface area contributed by atoms with E-state index < -0.39 is 11.6 Å². The van der Waals surface area contributed by atoms with Crippen LogP contribution in [0, 0.1) is 0 Å². The predicted molar refractivity (Wildman–Crippen MR) is 63.7 cm³/mol. The van der Waals surface area contributed by atoms with Crippen molar-refractivity contribution >= 4 is 11.6 Å². The summed E-state index contributed by atoms with van der Waals surface area (Å²) in [6.07, 6.45) is 4.08. The van der Waals surface area contributed by atoms with E-state index in [1.165, 1.54) is 37.8 Å². The lowest BCUT2D eigenvalue weighted by Gasteiger charge is -2.01. The molecule has 0 saturated carbocycles. The van der Waals surface area contributed by atoms with Gasteiger partial charge in [-0.3, -0.25) is 14.6 Å². The fraction of sp³-hybridized carbons (Fsp3) is 0.0769. The molecule has 1 aromatic carbocycles. The third kappa shape index (κ3) is 2.40. The SMILES string of the molecule is COc1ccc(C(=O)C(=O)c2cnccn2)cc1. The fourth-order valence-corrected chi connectivity index (χ4v) is 1.41. The van der Waals surface area contributed by atoms with Crippen LogP contribution in [-0.4, -0.2) is 28.6 Å². The Kier molecular flexibility index (Phi) is 3.43. The van der Waals surface area contributed by atoms with E-state index >= 15 is 0 Å². The second-order valence-electron chi connectivity index (χ2n) is 3.48. The van der Waals surface area contributed by atoms with E-state index in [9.17, 15) is 9.59 Å². The first-order valence-electron chi connectivity index (χ1n) is 5.21. The van der Waals surface area contributed by atoms with Gasteiger partial charge in [-0.2, -0.15) is 0 Å². The molecule has 0 amide bonds. The number of rotatable bonds is 4. The Morgan fingerprint density at radius 2 is 1.78 bits per heavy atom. The number of hydrogen-bond donors (Lipinski definition) is 0. The van der Waals surface area contributed by atoms with Crippen molar-refractivity contribution in [2.45, 2.75) is 0 Å². The molecule has 2 aromatic rings. The fourth-order valence-electron chi connectivity index (χ4n) is 1.41. The normalized spacial score (nSPS) is 9.83. The molecule has 90 valence electrons. The molecule has 1 aromatic heterocycles. The second kappa shape index (κ2) is 5.18. The maximum atomic E-state index is 11.9. The van der Waals surface area contributed by atoms with Gasteiger partial charge in [0.05, 0.1) is 13.3 Å². The van der Waals surface area contributed by atoms with Gasteiger partial charge >= 0.3 is 0 Å². The summed E-state index contributed by atoms with van der Waals surface area (Å²) in [4.78, 5) is 31.3. The van der Waals surface area contributed by atoms with Gasteiger partial charge in [-0.15, -0.1) is 0 Å². The van der Waals surface area contributed by atoms with Gasteiger partial charge in [0, 0.05) is 18.0 Å². The number of carbonyl (C=O) groups is 2. The monoisotopic (exact) mass is 242 g/mol. The van der Waals surface area contributed by atoms with Crippen molar-refractivity contribution in [2.24, 2.45) is 0 Å². The molecule has 0 bridgehead atoms. The van der Waals surface area contributed by atoms with Gasteiger partial charge in [0.25, 0.3) is 5.78 Å². The van der Waals surface area contributed by atoms with Crippen molar-refractivity contribution in [3.05, 3.63) is 54.1 Å². The topological polar surface area (TPSA) is 69.2 Å². The minimum Gasteiger partial charge on any atom is -0.497 e. The molecule has 5 heteroatoms. The van der Waals surface area contributed by atoms with Gasteiger partial charge in [-0.05, 0) is 24.3 Å². The number of benzene rings is 1. The minimum atomic E-state index is -0.673. The number of ketones is 2. The standard InChI is InChI=1S/C13H10N2O3/c1-18-10-4-2-9(3-5-10)12(16)13(17)11-8-14-6-7-15-11/h2-8H,1H3. The van der Waals surface area contributed by atoms with E-state index in [1.54, 1.807) is 12.1 Å². The number of aromatic nitrogens is 2. The minimum absolute atomic E-state index is 0.0401. The Morgan fingerprint density at radius 3 is 2.33 bits per heavy atom. The lowest BCUT2D eigenvalue weighted by Crippen LogP contribution is -2.16. The summed E-state index contributed by atoms with van der Waals surface area (Å²) in [7, 11) is 1.53. The maximum absolute atomic E-state index is 11.9. The van der Waals surface area contributed by atoms with Crippen LogP contribution in [0.4, 0.5) is 0 Å². The van der Waals surface area contributed by atoms with Gasteiger partial charge in [-0.25, -0.2) is 4.98 Å². The van der Waals surface area contributed by atoms with Gasteiger partial charge in [0.2, 0.25) is 5.78 Å². The number of Topliss-reactive ketones (excluding diaryl/α,β-unsaturated/α-hetero) is 2. The molecule has 0 atom stereocenters. The summed E-state index contributed by atoms with van der Waals surface area (Å²) in [5.74, 6) is -0.662. The van der Waals surface area contributed by atoms with Crippen LogP contribution in [0.25, 0.3) is 0 Å². The number of methoxy groups -OCH3 is 1. The van der Waals surface area contributed by atoms with E-state index in [0.29, 0.717) is 11.3 Å². The highest BCUT2D eigenvalue weighted by molar-refractivity contribution is 6.48. The quantitative estimate of drug-likeness (QED) is 0.601. The summed E-state index contributed by atoms with van der Waals surface area (Å²) < 4.78 is 4.98. The summed E-state index contributed by atoms with van der Waals surface area (Å²) in [5.41, 5.74) is 0.338. The van der Waals surface area contributed by atoms with Crippen molar-refractivity contribution in [1.29, 1.82) is 0 Å². The molecule has 1 heterocycles. The highest BCUT2D eigenvalue weighted by Gasteiger charge is 2.19. The van der Waals surface area contributed by atoms with E-state index in [0.717, 1.165) is 0 Å². The average Bonchev–Trinajstić information content (AvgIpc) is 2.47. The molecule has 0 saturated heterocycles. The van der Waals surface area contributed by atoms with Crippen LogP contribution >= 0.6 is 0 Å². The highest BCUT2D eigenvalue weighted by Crippen LogP contribution is 2.13. The zero-order valence-corrected chi connectivity index (χ0v) is 9.66. The smallest absolute Gasteiger partial charge is 0.253 e. The van der Waals surface area contributed by atoms with Gasteiger partial charge in [0.15, 0.2) is 0 Å². The van der Waals surface area contributed by atoms with Gasteiger partial charge < -0.3 is 4.74 Å². The van der Waals surface area contributed by atoms with Crippen molar-refractivity contribution in [3.63, 3.8) is 0 Å². The second-order valence-corrected chi connectivity index (χ2v) is 3.48. The van der Waals surface area contributed by atoms with Crippen LogP contribution in [0.3, 0.4) is 0 Å². The molecule has 0 aliphatic carbocycles. The van der Waals surface area contributed by atoms with E-state index in [1.807, 2.05) is 0 Å². The molecular weight excluding hydrogens is 232 g/mol. The molecule has 0 fully saturated rings. The summed E-state index contributed by atoms with van der Waals surface area (Å²) >= 11 is 0. The van der Waals surface area contributed by atoms with Crippen LogP contribution in [0.1, 0.15) is 20.8 Å². The zero-order chi connectivity index (χ0) is 13.0. The van der Waals surface area contributed by atoms with Crippen LogP contribution in [-0.2, 0) is 0 Å². The Bertz CT molecular complexity index is 565. The molecular formula is C13H10N2O3. The van der Waals surface area contributed by atoms with Crippen molar-refractivity contribution in [2.75, 3.05) is 7.11 Å². The van der Waals surface area contributed by atoms with Crippen molar-refractivity contribution in [1.82, 2.24) is 9.97 Å². The summed E-state index contributed by atoms with van der Waals surface area (Å²) in [6.45, 7) is 0. The molecule has 18 heavy (non-hydrogen) atoms. The molecule has 0 radical (unpaired) electrons. The zero-order valence-electron chi connectivity index (χ0n) is 9.66. The van der Waals surface area contributed by atoms with Crippen LogP contribution < -0.4 is 4.74 Å². The molecule has 0 aliphatic heterocycles. The maximum Gasteiger partial charge on any atom is 0.253 e. The van der Waals surface area contributed by atoms with Gasteiger partial charge in [0.1, 0.15) is 11.4 Å². The van der Waals surface area contributed by atoms with Crippen molar-refractivity contribution < 1.29 is 14.3 Å². The summed E-state index contributed by atoms with van der Waals surface area (Å²) in [5, 5.41) is 0. The Balaban J connectivity index is 2.23. The first-order chi connectivity index (χ1) is 8.72. The molecule has 2 rings (SSSR count). The lowest BCUT2D eigenvalue weighted by molar-refractivity contribution is 0.0813. The first kappa shape index (κ1) is 11.9. The number of nitrogens with zero attached hydrogens (tertiary/aromatic N) is 2. The molecule has 0 N–H and O–H groups in total. The molecule has 5 nitrogen and oxygen atoms in total. The predicted octanol–water partition coefficient (Wildman–Crippen LogP) is 1.55. The third-order valence-corrected chi connectivity index (χ3v) is 2.35. The van der Waals surface area contributed by atoms with E-state index in [2.05, 4.69) is 9.97 Å². The molecule has 0 spiro atoms. The Morgan fingerprint density at radius 1 is 1.06 bits per heavy atom. The Hall–Kier alpha value is -2.56. The number of carbonyl (C=O) groups excluding carboxylic acids is 2. The van der Waals surface area contributed by atoms with E-state index in [-0.39, 0.29) is 5.69 Å². The largest absolute Gasteiger partial charge is 0.497 e. The number of ether oxygens (including phenoxy) is 1. The average molecular weight is 242 g/mol. The van der Waals surface area contributed by atoms with E-state index in [4.69, 9.17) is 4.74 Å². The van der Waals surface area contributed by atoms with Crippen molar-refractivity contribution in [3.8, 4) is 5.75 Å². The van der Waals surface area contributed by atoms with Crippen LogP contribution in [0.15, 0.2) is 42.9 Å². The third-order valence-electron chi connectivity index (χ3n) is 2.35. The molecule has 0 aliphatic rings. The Labute approximate surface area is 103 Å². The lowest BCUT2D eigenvalue weighted by atomic mass is 10.1. The van der Waals surface area contributed by atoms with Gasteiger partial charge in [-0.1, -0.05) is 0 Å². The first-order valence-corrected chi connectivity index (χ1v) is 5.21. The van der Waals surface area contributed by atoms with Crippen LogP contribution in [0.5, 0.6) is 5.75 Å². The van der Waals surface area contributed by atoms with Crippen LogP contribution in [0.2, 0.25) is 0 Å². The molecule has 0 unspecified atom stereocenters. The highest BCUT2D eigenvalue weighted by atomic mass is 16.5.